The lowest BCUT2D eigenvalue weighted by Gasteiger charge is -2.13. The van der Waals surface area contributed by atoms with Gasteiger partial charge < -0.3 is 14.8 Å². The number of nitrogens with zero attached hydrogens (tertiary/aromatic N) is 3. The number of rotatable bonds is 5. The fourth-order valence-electron chi connectivity index (χ4n) is 3.93. The number of benzene rings is 3. The average Bonchev–Trinajstić information content (AvgIpc) is 3.16. The van der Waals surface area contributed by atoms with Crippen molar-refractivity contribution < 1.29 is 13.9 Å². The van der Waals surface area contributed by atoms with E-state index in [1.165, 1.54) is 23.3 Å². The second-order valence-electron chi connectivity index (χ2n) is 7.84. The Morgan fingerprint density at radius 1 is 0.875 bits per heavy atom. The summed E-state index contributed by atoms with van der Waals surface area (Å²) in [4.78, 5) is 9.84. The molecular weight excluding hydrogens is 407 g/mol. The molecule has 0 saturated carbocycles. The van der Waals surface area contributed by atoms with Crippen molar-refractivity contribution in [1.29, 1.82) is 0 Å². The molecule has 0 saturated heterocycles. The number of hydrogen-bond acceptors (Lipinski definition) is 5. The quantitative estimate of drug-likeness (QED) is 0.403. The van der Waals surface area contributed by atoms with Gasteiger partial charge in [0.05, 0.1) is 30.8 Å². The Morgan fingerprint density at radius 2 is 1.56 bits per heavy atom. The van der Waals surface area contributed by atoms with E-state index >= 15 is 0 Å². The van der Waals surface area contributed by atoms with Crippen LogP contribution in [-0.4, -0.2) is 28.6 Å². The Kier molecular flexibility index (Phi) is 4.81. The molecule has 1 N–H and O–H groups in total. The number of imidazole rings is 1. The predicted octanol–water partition coefficient (Wildman–Crippen LogP) is 5.42. The standard InChI is InChI=1S/C25H23FN4O2/c1-14-9-20-21(10-15(14)2)30-24(28-20)18-11-22(31-3)23(32-4)12-19(18)29-25(30)27-13-16-5-7-17(26)8-6-16/h5-12H,13H2,1-4H3,(H,27,29). The van der Waals surface area contributed by atoms with Gasteiger partial charge in [0.2, 0.25) is 5.95 Å². The average molecular weight is 430 g/mol. The maximum absolute atomic E-state index is 13.3. The van der Waals surface area contributed by atoms with Crippen LogP contribution in [0.3, 0.4) is 0 Å². The normalized spacial score (nSPS) is 11.4. The van der Waals surface area contributed by atoms with E-state index in [-0.39, 0.29) is 5.82 Å². The van der Waals surface area contributed by atoms with E-state index in [0.717, 1.165) is 33.1 Å². The van der Waals surface area contributed by atoms with Gasteiger partial charge in [-0.05, 0) is 60.9 Å². The lowest BCUT2D eigenvalue weighted by Crippen LogP contribution is -2.07. The van der Waals surface area contributed by atoms with E-state index in [0.29, 0.717) is 24.0 Å². The molecule has 2 heterocycles. The van der Waals surface area contributed by atoms with Crippen LogP contribution in [0, 0.1) is 19.7 Å². The first-order chi connectivity index (χ1) is 15.5. The van der Waals surface area contributed by atoms with Gasteiger partial charge >= 0.3 is 0 Å². The summed E-state index contributed by atoms with van der Waals surface area (Å²) >= 11 is 0. The van der Waals surface area contributed by atoms with Gasteiger partial charge in [-0.25, -0.2) is 14.4 Å². The fourth-order valence-corrected chi connectivity index (χ4v) is 3.93. The SMILES string of the molecule is COc1cc2nc(NCc3ccc(F)cc3)n3c4cc(C)c(C)cc4nc3c2cc1OC. The Bertz CT molecular complexity index is 1480. The van der Waals surface area contributed by atoms with E-state index < -0.39 is 0 Å². The molecule has 0 fully saturated rings. The van der Waals surface area contributed by atoms with Gasteiger partial charge in [-0.15, -0.1) is 0 Å². The number of anilines is 1. The molecule has 0 spiro atoms. The molecule has 0 aliphatic heterocycles. The number of nitrogens with one attached hydrogen (secondary N) is 1. The third kappa shape index (κ3) is 3.26. The van der Waals surface area contributed by atoms with Crippen LogP contribution in [0.4, 0.5) is 10.3 Å². The summed E-state index contributed by atoms with van der Waals surface area (Å²) in [7, 11) is 3.22. The first kappa shape index (κ1) is 20.1. The summed E-state index contributed by atoms with van der Waals surface area (Å²) in [6, 6.07) is 14.4. The molecular formula is C25H23FN4O2. The van der Waals surface area contributed by atoms with Crippen molar-refractivity contribution in [2.75, 3.05) is 19.5 Å². The number of ether oxygens (including phenoxy) is 2. The van der Waals surface area contributed by atoms with E-state index in [4.69, 9.17) is 19.4 Å². The van der Waals surface area contributed by atoms with Gasteiger partial charge in [0, 0.05) is 18.0 Å². The van der Waals surface area contributed by atoms with Gasteiger partial charge in [-0.3, -0.25) is 4.40 Å². The first-order valence-corrected chi connectivity index (χ1v) is 10.3. The molecule has 162 valence electrons. The van der Waals surface area contributed by atoms with Crippen LogP contribution >= 0.6 is 0 Å². The maximum atomic E-state index is 13.3. The molecule has 6 nitrogen and oxygen atoms in total. The third-order valence-electron chi connectivity index (χ3n) is 5.81. The highest BCUT2D eigenvalue weighted by molar-refractivity contribution is 5.99. The third-order valence-corrected chi connectivity index (χ3v) is 5.81. The molecule has 3 aromatic carbocycles. The molecule has 0 atom stereocenters. The van der Waals surface area contributed by atoms with Crippen LogP contribution in [0.15, 0.2) is 48.5 Å². The number of aryl methyl sites for hydroxylation is 2. The van der Waals surface area contributed by atoms with Crippen molar-refractivity contribution in [2.45, 2.75) is 20.4 Å². The minimum absolute atomic E-state index is 0.257. The van der Waals surface area contributed by atoms with E-state index in [1.807, 2.05) is 16.5 Å². The molecule has 0 unspecified atom stereocenters. The summed E-state index contributed by atoms with van der Waals surface area (Å²) in [6.45, 7) is 4.66. The molecule has 2 aromatic heterocycles. The lowest BCUT2D eigenvalue weighted by atomic mass is 10.1. The zero-order valence-electron chi connectivity index (χ0n) is 18.4. The van der Waals surface area contributed by atoms with Gasteiger partial charge in [0.25, 0.3) is 0 Å². The molecule has 0 radical (unpaired) electrons. The van der Waals surface area contributed by atoms with Gasteiger partial charge in [0.1, 0.15) is 11.5 Å². The molecule has 0 amide bonds. The van der Waals surface area contributed by atoms with Crippen molar-refractivity contribution >= 4 is 33.5 Å². The van der Waals surface area contributed by atoms with E-state index in [9.17, 15) is 4.39 Å². The molecule has 0 bridgehead atoms. The molecule has 7 heteroatoms. The van der Waals surface area contributed by atoms with E-state index in [2.05, 4.69) is 31.3 Å². The fraction of sp³-hybridized carbons (Fsp3) is 0.200. The Labute approximate surface area is 184 Å². The van der Waals surface area contributed by atoms with Gasteiger partial charge in [-0.1, -0.05) is 12.1 Å². The zero-order chi connectivity index (χ0) is 22.4. The number of aromatic nitrogens is 3. The number of halogens is 1. The molecule has 5 rings (SSSR count). The first-order valence-electron chi connectivity index (χ1n) is 10.3. The van der Waals surface area contributed by atoms with Crippen molar-refractivity contribution in [1.82, 2.24) is 14.4 Å². The summed E-state index contributed by atoms with van der Waals surface area (Å²) in [6.07, 6.45) is 0. The van der Waals surface area contributed by atoms with Crippen LogP contribution in [0.2, 0.25) is 0 Å². The second kappa shape index (κ2) is 7.67. The zero-order valence-corrected chi connectivity index (χ0v) is 18.4. The van der Waals surface area contributed by atoms with Crippen LogP contribution in [0.25, 0.3) is 27.6 Å². The largest absolute Gasteiger partial charge is 0.493 e. The molecule has 0 aliphatic carbocycles. The lowest BCUT2D eigenvalue weighted by molar-refractivity contribution is 0.356. The minimum atomic E-state index is -0.257. The summed E-state index contributed by atoms with van der Waals surface area (Å²) in [5.74, 6) is 1.61. The number of fused-ring (bicyclic) bond motifs is 5. The molecule has 32 heavy (non-hydrogen) atoms. The predicted molar refractivity (Wildman–Crippen MR) is 124 cm³/mol. The Morgan fingerprint density at radius 3 is 2.28 bits per heavy atom. The van der Waals surface area contributed by atoms with Gasteiger partial charge in [-0.2, -0.15) is 0 Å². The van der Waals surface area contributed by atoms with Crippen LogP contribution in [-0.2, 0) is 6.54 Å². The van der Waals surface area contributed by atoms with Crippen molar-refractivity contribution in [3.63, 3.8) is 0 Å². The minimum Gasteiger partial charge on any atom is -0.493 e. The smallest absolute Gasteiger partial charge is 0.210 e. The Balaban J connectivity index is 1.77. The van der Waals surface area contributed by atoms with Gasteiger partial charge in [0.15, 0.2) is 11.5 Å². The summed E-state index contributed by atoms with van der Waals surface area (Å²) in [5, 5.41) is 4.27. The highest BCUT2D eigenvalue weighted by Gasteiger charge is 2.17. The monoisotopic (exact) mass is 430 g/mol. The van der Waals surface area contributed by atoms with E-state index in [1.54, 1.807) is 26.4 Å². The maximum Gasteiger partial charge on any atom is 0.210 e. The number of hydrogen-bond donors (Lipinski definition) is 1. The highest BCUT2D eigenvalue weighted by Crippen LogP contribution is 2.35. The highest BCUT2D eigenvalue weighted by atomic mass is 19.1. The molecule has 0 aliphatic rings. The van der Waals surface area contributed by atoms with Crippen LogP contribution in [0.1, 0.15) is 16.7 Å². The summed E-state index contributed by atoms with van der Waals surface area (Å²) in [5.41, 5.74) is 6.67. The second-order valence-corrected chi connectivity index (χ2v) is 7.84. The van der Waals surface area contributed by atoms with Crippen molar-refractivity contribution in [3.05, 3.63) is 71.0 Å². The molecule has 5 aromatic rings. The number of methoxy groups -OCH3 is 2. The topological polar surface area (TPSA) is 60.7 Å². The summed E-state index contributed by atoms with van der Waals surface area (Å²) < 4.78 is 26.3. The van der Waals surface area contributed by atoms with Crippen molar-refractivity contribution in [3.8, 4) is 11.5 Å². The van der Waals surface area contributed by atoms with Crippen LogP contribution in [0.5, 0.6) is 11.5 Å². The Hall–Kier alpha value is -3.87. The van der Waals surface area contributed by atoms with Crippen LogP contribution < -0.4 is 14.8 Å². The van der Waals surface area contributed by atoms with Crippen molar-refractivity contribution in [2.24, 2.45) is 0 Å².